The minimum atomic E-state index is -0.401. The van der Waals surface area contributed by atoms with Crippen molar-refractivity contribution in [3.63, 3.8) is 0 Å². The second-order valence-corrected chi connectivity index (χ2v) is 7.47. The maximum atomic E-state index is 12.2. The molecule has 0 aromatic carbocycles. The summed E-state index contributed by atoms with van der Waals surface area (Å²) in [5.41, 5.74) is 0.790. The highest BCUT2D eigenvalue weighted by molar-refractivity contribution is 5.78. The van der Waals surface area contributed by atoms with Gasteiger partial charge in [0.1, 0.15) is 12.2 Å². The third-order valence-electron chi connectivity index (χ3n) is 5.10. The van der Waals surface area contributed by atoms with Crippen LogP contribution in [0.3, 0.4) is 0 Å². The average molecular weight is 334 g/mol. The fraction of sp³-hybridized carbons (Fsp3) is 0.765. The molecule has 3 heterocycles. The van der Waals surface area contributed by atoms with Gasteiger partial charge in [-0.2, -0.15) is 5.10 Å². The minimum absolute atomic E-state index is 0.121. The van der Waals surface area contributed by atoms with Gasteiger partial charge in [-0.05, 0) is 18.8 Å². The van der Waals surface area contributed by atoms with E-state index in [9.17, 15) is 4.79 Å². The zero-order chi connectivity index (χ0) is 16.6. The van der Waals surface area contributed by atoms with Crippen LogP contribution in [0, 0.1) is 5.92 Å². The molecule has 2 saturated heterocycles. The van der Waals surface area contributed by atoms with Gasteiger partial charge in [-0.25, -0.2) is 0 Å². The van der Waals surface area contributed by atoms with E-state index < -0.39 is 5.60 Å². The fourth-order valence-corrected chi connectivity index (χ4v) is 3.68. The maximum absolute atomic E-state index is 12.2. The van der Waals surface area contributed by atoms with Gasteiger partial charge in [0, 0.05) is 45.0 Å². The van der Waals surface area contributed by atoms with Crippen LogP contribution < -0.4 is 0 Å². The zero-order valence-electron chi connectivity index (χ0n) is 14.3. The number of ether oxygens (including phenoxy) is 2. The fourth-order valence-electron chi connectivity index (χ4n) is 3.68. The molecule has 1 spiro atoms. The molecule has 132 valence electrons. The number of rotatable bonds is 4. The summed E-state index contributed by atoms with van der Waals surface area (Å²) in [4.78, 5) is 16.5. The minimum Gasteiger partial charge on any atom is -0.377 e. The molecule has 1 aromatic rings. The van der Waals surface area contributed by atoms with Crippen LogP contribution in [0.15, 0.2) is 12.4 Å². The summed E-state index contributed by atoms with van der Waals surface area (Å²) in [5, 5.41) is 4.25. The van der Waals surface area contributed by atoms with Crippen molar-refractivity contribution >= 4 is 5.91 Å². The summed E-state index contributed by atoms with van der Waals surface area (Å²) in [7, 11) is 1.93. The average Bonchev–Trinajstić information content (AvgIpc) is 3.31. The van der Waals surface area contributed by atoms with Gasteiger partial charge in [0.05, 0.1) is 26.0 Å². The quantitative estimate of drug-likeness (QED) is 0.790. The number of aromatic nitrogens is 2. The molecule has 1 amide bonds. The molecular formula is C17H26N4O3. The van der Waals surface area contributed by atoms with Crippen molar-refractivity contribution in [3.8, 4) is 0 Å². The molecule has 0 bridgehead atoms. The summed E-state index contributed by atoms with van der Waals surface area (Å²) in [6, 6.07) is 0. The number of aryl methyl sites for hydroxylation is 1. The highest BCUT2D eigenvalue weighted by Crippen LogP contribution is 2.32. The molecule has 3 fully saturated rings. The van der Waals surface area contributed by atoms with Crippen molar-refractivity contribution in [2.45, 2.75) is 25.0 Å². The second-order valence-electron chi connectivity index (χ2n) is 7.47. The Labute approximate surface area is 142 Å². The first-order chi connectivity index (χ1) is 11.6. The van der Waals surface area contributed by atoms with E-state index in [4.69, 9.17) is 9.47 Å². The van der Waals surface area contributed by atoms with E-state index in [1.54, 1.807) is 0 Å². The van der Waals surface area contributed by atoms with Crippen LogP contribution in [0.4, 0.5) is 0 Å². The Morgan fingerprint density at radius 2 is 2.25 bits per heavy atom. The largest absolute Gasteiger partial charge is 0.377 e. The van der Waals surface area contributed by atoms with E-state index in [2.05, 4.69) is 10.00 Å². The molecule has 1 unspecified atom stereocenters. The van der Waals surface area contributed by atoms with Gasteiger partial charge in [0.15, 0.2) is 0 Å². The van der Waals surface area contributed by atoms with Gasteiger partial charge in [-0.3, -0.25) is 14.4 Å². The first-order valence-electron chi connectivity index (χ1n) is 8.81. The molecular weight excluding hydrogens is 308 g/mol. The van der Waals surface area contributed by atoms with Gasteiger partial charge >= 0.3 is 0 Å². The Hall–Kier alpha value is -1.44. The summed E-state index contributed by atoms with van der Waals surface area (Å²) in [6.45, 7) is 5.45. The summed E-state index contributed by atoms with van der Waals surface area (Å²) in [6.07, 6.45) is 6.45. The van der Waals surface area contributed by atoms with E-state index in [0.29, 0.717) is 25.7 Å². The van der Waals surface area contributed by atoms with Crippen molar-refractivity contribution in [1.29, 1.82) is 0 Å². The lowest BCUT2D eigenvalue weighted by Gasteiger charge is -2.43. The van der Waals surface area contributed by atoms with Crippen LogP contribution in [-0.4, -0.2) is 77.1 Å². The molecule has 3 aliphatic rings. The van der Waals surface area contributed by atoms with Gasteiger partial charge in [-0.1, -0.05) is 0 Å². The lowest BCUT2D eigenvalue weighted by Crippen LogP contribution is -2.60. The predicted molar refractivity (Wildman–Crippen MR) is 87.3 cm³/mol. The standard InChI is InChI=1S/C17H26N4O3/c1-19-7-15(6-18-19)8-20-4-5-23-13-17(11-20)12-21(9-14-2-3-14)16(22)10-24-17/h6-7,14H,2-5,8-13H2,1H3. The van der Waals surface area contributed by atoms with Crippen LogP contribution in [0.5, 0.6) is 0 Å². The van der Waals surface area contributed by atoms with Crippen molar-refractivity contribution < 1.29 is 14.3 Å². The number of carbonyl (C=O) groups excluding carboxylic acids is 1. The Morgan fingerprint density at radius 3 is 3.00 bits per heavy atom. The predicted octanol–water partition coefficient (Wildman–Crippen LogP) is 0.260. The molecule has 7 heteroatoms. The first kappa shape index (κ1) is 16.1. The van der Waals surface area contributed by atoms with Gasteiger partial charge in [0.2, 0.25) is 5.91 Å². The number of amides is 1. The maximum Gasteiger partial charge on any atom is 0.248 e. The highest BCUT2D eigenvalue weighted by atomic mass is 16.6. The van der Waals surface area contributed by atoms with Gasteiger partial charge < -0.3 is 14.4 Å². The van der Waals surface area contributed by atoms with E-state index >= 15 is 0 Å². The smallest absolute Gasteiger partial charge is 0.248 e. The molecule has 0 N–H and O–H groups in total. The van der Waals surface area contributed by atoms with Crippen molar-refractivity contribution in [3.05, 3.63) is 18.0 Å². The van der Waals surface area contributed by atoms with E-state index in [1.807, 2.05) is 29.0 Å². The Balaban J connectivity index is 1.44. The van der Waals surface area contributed by atoms with E-state index in [0.717, 1.165) is 26.2 Å². The van der Waals surface area contributed by atoms with Crippen LogP contribution in [0.2, 0.25) is 0 Å². The Bertz CT molecular complexity index is 600. The molecule has 24 heavy (non-hydrogen) atoms. The summed E-state index contributed by atoms with van der Waals surface area (Å²) >= 11 is 0. The van der Waals surface area contributed by atoms with Crippen molar-refractivity contribution in [1.82, 2.24) is 19.6 Å². The number of carbonyl (C=O) groups is 1. The van der Waals surface area contributed by atoms with Crippen molar-refractivity contribution in [2.24, 2.45) is 13.0 Å². The van der Waals surface area contributed by atoms with Crippen LogP contribution in [0.25, 0.3) is 0 Å². The third kappa shape index (κ3) is 3.63. The van der Waals surface area contributed by atoms with Crippen LogP contribution in [-0.2, 0) is 27.9 Å². The topological polar surface area (TPSA) is 59.8 Å². The molecule has 2 aliphatic heterocycles. The molecule has 1 saturated carbocycles. The van der Waals surface area contributed by atoms with Gasteiger partial charge in [-0.15, -0.1) is 0 Å². The molecule has 4 rings (SSSR count). The third-order valence-corrected chi connectivity index (χ3v) is 5.10. The SMILES string of the molecule is Cn1cc(CN2CCOCC3(C2)CN(CC2CC2)C(=O)CO3)cn1. The number of hydrogen-bond donors (Lipinski definition) is 0. The number of hydrogen-bond acceptors (Lipinski definition) is 5. The van der Waals surface area contributed by atoms with Crippen LogP contribution >= 0.6 is 0 Å². The Morgan fingerprint density at radius 1 is 1.38 bits per heavy atom. The Kier molecular flexibility index (Phi) is 4.32. The molecule has 1 atom stereocenters. The highest BCUT2D eigenvalue weighted by Gasteiger charge is 2.43. The second kappa shape index (κ2) is 6.46. The first-order valence-corrected chi connectivity index (χ1v) is 8.81. The number of morpholine rings is 1. The number of nitrogens with zero attached hydrogens (tertiary/aromatic N) is 4. The van der Waals surface area contributed by atoms with Crippen LogP contribution in [0.1, 0.15) is 18.4 Å². The monoisotopic (exact) mass is 334 g/mol. The normalized spacial score (nSPS) is 29.2. The summed E-state index contributed by atoms with van der Waals surface area (Å²) < 4.78 is 13.7. The zero-order valence-corrected chi connectivity index (χ0v) is 14.3. The molecule has 7 nitrogen and oxygen atoms in total. The lowest BCUT2D eigenvalue weighted by atomic mass is 10.0. The summed E-state index contributed by atoms with van der Waals surface area (Å²) in [5.74, 6) is 0.817. The van der Waals surface area contributed by atoms with Gasteiger partial charge in [0.25, 0.3) is 0 Å². The van der Waals surface area contributed by atoms with E-state index in [1.165, 1.54) is 18.4 Å². The lowest BCUT2D eigenvalue weighted by molar-refractivity contribution is -0.173. The molecule has 0 radical (unpaired) electrons. The molecule has 1 aliphatic carbocycles. The van der Waals surface area contributed by atoms with E-state index in [-0.39, 0.29) is 12.5 Å². The molecule has 1 aromatic heterocycles. The van der Waals surface area contributed by atoms with Crippen molar-refractivity contribution in [2.75, 3.05) is 46.0 Å².